The number of fused-ring (bicyclic) bond motifs is 1. The van der Waals surface area contributed by atoms with Crippen LogP contribution in [0.25, 0.3) is 0 Å². The van der Waals surface area contributed by atoms with E-state index in [1.807, 2.05) is 0 Å². The van der Waals surface area contributed by atoms with E-state index in [2.05, 4.69) is 20.8 Å². The number of rotatable bonds is 2. The van der Waals surface area contributed by atoms with Crippen LogP contribution in [0, 0.1) is 22.7 Å². The minimum atomic E-state index is 0.526. The van der Waals surface area contributed by atoms with Gasteiger partial charge < -0.3 is 4.74 Å². The third kappa shape index (κ3) is 0.674. The lowest BCUT2D eigenvalue weighted by Gasteiger charge is -2.35. The van der Waals surface area contributed by atoms with Crippen LogP contribution in [0.2, 0.25) is 0 Å². The van der Waals surface area contributed by atoms with E-state index in [1.54, 1.807) is 0 Å². The van der Waals surface area contributed by atoms with Crippen molar-refractivity contribution in [3.63, 3.8) is 0 Å². The Bertz CT molecular complexity index is 250. The van der Waals surface area contributed by atoms with Gasteiger partial charge in [0.2, 0.25) is 0 Å². The molecule has 1 heteroatoms. The van der Waals surface area contributed by atoms with Crippen LogP contribution in [0.5, 0.6) is 0 Å². The van der Waals surface area contributed by atoms with Crippen LogP contribution in [0.3, 0.4) is 0 Å². The molecule has 0 aliphatic heterocycles. The first-order valence-corrected chi connectivity index (χ1v) is 5.76. The van der Waals surface area contributed by atoms with Crippen LogP contribution in [0.1, 0.15) is 40.0 Å². The van der Waals surface area contributed by atoms with Gasteiger partial charge in [0.15, 0.2) is 0 Å². The van der Waals surface area contributed by atoms with Gasteiger partial charge in [-0.15, -0.1) is 0 Å². The van der Waals surface area contributed by atoms with Crippen molar-refractivity contribution in [2.24, 2.45) is 22.7 Å². The van der Waals surface area contributed by atoms with Gasteiger partial charge in [0, 0.05) is 6.61 Å². The lowest BCUT2D eigenvalue weighted by Crippen LogP contribution is -2.34. The fourth-order valence-electron chi connectivity index (χ4n) is 4.63. The van der Waals surface area contributed by atoms with Crippen molar-refractivity contribution in [1.29, 1.82) is 0 Å². The average molecular weight is 180 g/mol. The SMILES string of the molecule is CCOC1CC2C3CCC1(C)C32C. The van der Waals surface area contributed by atoms with E-state index in [4.69, 9.17) is 4.74 Å². The molecular weight excluding hydrogens is 160 g/mol. The quantitative estimate of drug-likeness (QED) is 0.635. The normalized spacial score (nSPS) is 62.5. The van der Waals surface area contributed by atoms with Crippen LogP contribution in [-0.2, 0) is 4.74 Å². The van der Waals surface area contributed by atoms with E-state index in [0.29, 0.717) is 16.9 Å². The Morgan fingerprint density at radius 1 is 1.31 bits per heavy atom. The zero-order chi connectivity index (χ0) is 9.27. The van der Waals surface area contributed by atoms with Gasteiger partial charge in [-0.3, -0.25) is 0 Å². The highest BCUT2D eigenvalue weighted by molar-refractivity contribution is 5.27. The third-order valence-corrected chi connectivity index (χ3v) is 5.67. The van der Waals surface area contributed by atoms with Gasteiger partial charge >= 0.3 is 0 Å². The lowest BCUT2D eigenvalue weighted by molar-refractivity contribution is -0.0320. The molecule has 0 heterocycles. The second kappa shape index (κ2) is 2.13. The van der Waals surface area contributed by atoms with Crippen molar-refractivity contribution < 1.29 is 4.74 Å². The molecule has 3 saturated carbocycles. The van der Waals surface area contributed by atoms with Gasteiger partial charge in [-0.1, -0.05) is 13.8 Å². The van der Waals surface area contributed by atoms with Gasteiger partial charge in [0.1, 0.15) is 0 Å². The summed E-state index contributed by atoms with van der Waals surface area (Å²) in [6.07, 6.45) is 4.81. The van der Waals surface area contributed by atoms with Crippen molar-refractivity contribution in [1.82, 2.24) is 0 Å². The molecule has 0 bridgehead atoms. The Balaban J connectivity index is 1.91. The molecule has 0 N–H and O–H groups in total. The van der Waals surface area contributed by atoms with Gasteiger partial charge in [0.25, 0.3) is 0 Å². The Labute approximate surface area is 80.8 Å². The molecule has 0 spiro atoms. The fraction of sp³-hybridized carbons (Fsp3) is 1.00. The molecule has 74 valence electrons. The summed E-state index contributed by atoms with van der Waals surface area (Å²) in [5.41, 5.74) is 1.20. The van der Waals surface area contributed by atoms with Crippen molar-refractivity contribution in [3.8, 4) is 0 Å². The molecule has 0 aromatic rings. The molecule has 0 saturated heterocycles. The Morgan fingerprint density at radius 2 is 2.08 bits per heavy atom. The van der Waals surface area contributed by atoms with E-state index in [9.17, 15) is 0 Å². The summed E-state index contributed by atoms with van der Waals surface area (Å²) in [7, 11) is 0. The number of hydrogen-bond acceptors (Lipinski definition) is 1. The molecule has 0 aromatic carbocycles. The molecular formula is C12H20O. The van der Waals surface area contributed by atoms with Crippen molar-refractivity contribution in [2.75, 3.05) is 6.61 Å². The first-order chi connectivity index (χ1) is 6.14. The van der Waals surface area contributed by atoms with Gasteiger partial charge in [-0.2, -0.15) is 0 Å². The van der Waals surface area contributed by atoms with Gasteiger partial charge in [-0.05, 0) is 48.9 Å². The van der Waals surface area contributed by atoms with Crippen LogP contribution >= 0.6 is 0 Å². The minimum absolute atomic E-state index is 0.526. The molecule has 5 unspecified atom stereocenters. The predicted octanol–water partition coefficient (Wildman–Crippen LogP) is 2.85. The molecule has 0 aromatic heterocycles. The van der Waals surface area contributed by atoms with Crippen molar-refractivity contribution >= 4 is 0 Å². The van der Waals surface area contributed by atoms with Crippen LogP contribution in [-0.4, -0.2) is 12.7 Å². The maximum Gasteiger partial charge on any atom is 0.0636 e. The average Bonchev–Trinajstić information content (AvgIpc) is 2.54. The van der Waals surface area contributed by atoms with Gasteiger partial charge in [-0.25, -0.2) is 0 Å². The highest BCUT2D eigenvalue weighted by Gasteiger charge is 2.79. The summed E-state index contributed by atoms with van der Waals surface area (Å²) >= 11 is 0. The first-order valence-electron chi connectivity index (χ1n) is 5.76. The summed E-state index contributed by atoms with van der Waals surface area (Å²) < 4.78 is 5.90. The molecule has 5 atom stereocenters. The molecule has 0 amide bonds. The monoisotopic (exact) mass is 180 g/mol. The predicted molar refractivity (Wildman–Crippen MR) is 52.5 cm³/mol. The second-order valence-corrected chi connectivity index (χ2v) is 5.63. The maximum absolute atomic E-state index is 5.90. The standard InChI is InChI=1S/C12H20O/c1-4-13-10-7-9-8-5-6-11(10,2)12(8,9)3/h8-10H,4-7H2,1-3H3. The molecule has 3 fully saturated rings. The molecule has 0 radical (unpaired) electrons. The summed E-state index contributed by atoms with van der Waals surface area (Å²) in [6, 6.07) is 0. The fourth-order valence-corrected chi connectivity index (χ4v) is 4.63. The van der Waals surface area contributed by atoms with E-state index >= 15 is 0 Å². The van der Waals surface area contributed by atoms with E-state index < -0.39 is 0 Å². The Morgan fingerprint density at radius 3 is 2.69 bits per heavy atom. The molecule has 3 rings (SSSR count). The summed E-state index contributed by atoms with van der Waals surface area (Å²) in [4.78, 5) is 0. The molecule has 3 aliphatic carbocycles. The lowest BCUT2D eigenvalue weighted by atomic mass is 9.75. The van der Waals surface area contributed by atoms with E-state index in [1.165, 1.54) is 19.3 Å². The number of hydrogen-bond donors (Lipinski definition) is 0. The zero-order valence-corrected chi connectivity index (χ0v) is 8.97. The Kier molecular flexibility index (Phi) is 1.36. The zero-order valence-electron chi connectivity index (χ0n) is 8.97. The van der Waals surface area contributed by atoms with Crippen molar-refractivity contribution in [3.05, 3.63) is 0 Å². The Hall–Kier alpha value is -0.0400. The highest BCUT2D eigenvalue weighted by Crippen LogP contribution is 2.83. The van der Waals surface area contributed by atoms with Crippen LogP contribution in [0.15, 0.2) is 0 Å². The summed E-state index contributed by atoms with van der Waals surface area (Å²) in [6.45, 7) is 8.00. The van der Waals surface area contributed by atoms with Crippen LogP contribution < -0.4 is 0 Å². The first kappa shape index (κ1) is 8.28. The number of ether oxygens (including phenoxy) is 1. The van der Waals surface area contributed by atoms with Gasteiger partial charge in [0.05, 0.1) is 6.10 Å². The maximum atomic E-state index is 5.90. The van der Waals surface area contributed by atoms with Crippen LogP contribution in [0.4, 0.5) is 0 Å². The highest BCUT2D eigenvalue weighted by atomic mass is 16.5. The topological polar surface area (TPSA) is 9.23 Å². The molecule has 13 heavy (non-hydrogen) atoms. The van der Waals surface area contributed by atoms with Crippen molar-refractivity contribution in [2.45, 2.75) is 46.1 Å². The third-order valence-electron chi connectivity index (χ3n) is 5.67. The summed E-state index contributed by atoms with van der Waals surface area (Å²) in [5, 5.41) is 0. The minimum Gasteiger partial charge on any atom is -0.378 e. The molecule has 1 nitrogen and oxygen atoms in total. The van der Waals surface area contributed by atoms with E-state index in [0.717, 1.165) is 18.4 Å². The second-order valence-electron chi connectivity index (χ2n) is 5.63. The largest absolute Gasteiger partial charge is 0.378 e. The molecule has 3 aliphatic rings. The summed E-state index contributed by atoms with van der Waals surface area (Å²) in [5.74, 6) is 2.08. The smallest absolute Gasteiger partial charge is 0.0636 e. The van der Waals surface area contributed by atoms with E-state index in [-0.39, 0.29) is 0 Å².